The van der Waals surface area contributed by atoms with Crippen LogP contribution in [0.25, 0.3) is 0 Å². The highest BCUT2D eigenvalue weighted by molar-refractivity contribution is 5.38. The first-order valence-electron chi connectivity index (χ1n) is 4.64. The fourth-order valence-electron chi connectivity index (χ4n) is 1.19. The summed E-state index contributed by atoms with van der Waals surface area (Å²) in [5.41, 5.74) is 0. The average molecular weight is 171 g/mol. The summed E-state index contributed by atoms with van der Waals surface area (Å²) >= 11 is 0. The Hall–Kier alpha value is -0.530. The second kappa shape index (κ2) is 6.04. The minimum absolute atomic E-state index is 0.00324. The normalized spacial score (nSPS) is 18.0. The molecule has 0 N–H and O–H groups in total. The number of rotatable bonds is 6. The van der Waals surface area contributed by atoms with E-state index in [-0.39, 0.29) is 6.10 Å². The molecule has 2 nitrogen and oxygen atoms in total. The summed E-state index contributed by atoms with van der Waals surface area (Å²) in [5.74, 6) is 1.14. The monoisotopic (exact) mass is 171 g/mol. The van der Waals surface area contributed by atoms with Crippen molar-refractivity contribution in [1.29, 1.82) is 0 Å². The van der Waals surface area contributed by atoms with Crippen molar-refractivity contribution in [1.82, 2.24) is 0 Å². The third kappa shape index (κ3) is 4.37. The summed E-state index contributed by atoms with van der Waals surface area (Å²) in [5, 5.41) is 0. The number of ether oxygens (including phenoxy) is 1. The molecule has 0 aliphatic rings. The predicted octanol–water partition coefficient (Wildman–Crippen LogP) is 2.53. The molecule has 12 heavy (non-hydrogen) atoms. The van der Waals surface area contributed by atoms with E-state index in [4.69, 9.17) is 4.74 Å². The van der Waals surface area contributed by atoms with Crippen LogP contribution in [-0.4, -0.2) is 12.6 Å². The third-order valence-corrected chi connectivity index (χ3v) is 2.51. The molecule has 0 aromatic carbocycles. The molecule has 0 aliphatic heterocycles. The van der Waals surface area contributed by atoms with Crippen molar-refractivity contribution in [3.8, 4) is 0 Å². The maximum Gasteiger partial charge on any atom is 0.417 e. The molecule has 3 unspecified atom stereocenters. The molecule has 0 aromatic rings. The van der Waals surface area contributed by atoms with Gasteiger partial charge in [0.05, 0.1) is 0 Å². The largest absolute Gasteiger partial charge is 0.454 e. The topological polar surface area (TPSA) is 26.3 Å². The van der Waals surface area contributed by atoms with Gasteiger partial charge in [0.2, 0.25) is 0 Å². The van der Waals surface area contributed by atoms with Crippen LogP contribution in [0.5, 0.6) is 0 Å². The Kier molecular flexibility index (Phi) is 5.77. The van der Waals surface area contributed by atoms with Gasteiger partial charge < -0.3 is 4.74 Å². The van der Waals surface area contributed by atoms with Crippen molar-refractivity contribution in [2.24, 2.45) is 11.8 Å². The van der Waals surface area contributed by atoms with Crippen LogP contribution in [0.1, 0.15) is 40.5 Å². The van der Waals surface area contributed by atoms with Gasteiger partial charge in [0.25, 0.3) is 0 Å². The summed E-state index contributed by atoms with van der Waals surface area (Å²) in [6, 6.07) is 0. The molecular formula is C10H19O2. The van der Waals surface area contributed by atoms with Gasteiger partial charge in [-0.1, -0.05) is 27.2 Å². The maximum atomic E-state index is 9.93. The van der Waals surface area contributed by atoms with E-state index >= 15 is 0 Å². The van der Waals surface area contributed by atoms with Crippen LogP contribution in [0, 0.1) is 11.8 Å². The van der Waals surface area contributed by atoms with Crippen LogP contribution in [0.4, 0.5) is 0 Å². The Labute approximate surface area is 75.3 Å². The van der Waals surface area contributed by atoms with E-state index in [0.29, 0.717) is 11.8 Å². The average Bonchev–Trinajstić information content (AvgIpc) is 2.04. The smallest absolute Gasteiger partial charge is 0.417 e. The molecule has 2 heteroatoms. The minimum atomic E-state index is -0.00324. The predicted molar refractivity (Wildman–Crippen MR) is 49.5 cm³/mol. The molecule has 0 aromatic heterocycles. The first kappa shape index (κ1) is 11.5. The summed E-state index contributed by atoms with van der Waals surface area (Å²) in [6.07, 6.45) is 2.29. The fourth-order valence-corrected chi connectivity index (χ4v) is 1.19. The lowest BCUT2D eigenvalue weighted by Gasteiger charge is -2.20. The molecule has 0 fully saturated rings. The van der Waals surface area contributed by atoms with Crippen molar-refractivity contribution in [2.45, 2.75) is 46.6 Å². The third-order valence-electron chi connectivity index (χ3n) is 2.51. The highest BCUT2D eigenvalue weighted by Crippen LogP contribution is 2.18. The Morgan fingerprint density at radius 1 is 1.33 bits per heavy atom. The highest BCUT2D eigenvalue weighted by Gasteiger charge is 2.15. The molecule has 0 heterocycles. The van der Waals surface area contributed by atoms with Gasteiger partial charge in [-0.2, -0.15) is 0 Å². The second-order valence-electron chi connectivity index (χ2n) is 3.63. The SMILES string of the molecule is CCC(C)CC(C)C(C)O[C]=O. The quantitative estimate of drug-likeness (QED) is 0.614. The lowest BCUT2D eigenvalue weighted by molar-refractivity contribution is 0.125. The van der Waals surface area contributed by atoms with E-state index in [2.05, 4.69) is 20.8 Å². The van der Waals surface area contributed by atoms with Crippen LogP contribution in [0.2, 0.25) is 0 Å². The molecule has 0 spiro atoms. The maximum absolute atomic E-state index is 9.93. The van der Waals surface area contributed by atoms with E-state index in [1.165, 1.54) is 12.9 Å². The Morgan fingerprint density at radius 3 is 2.33 bits per heavy atom. The van der Waals surface area contributed by atoms with Gasteiger partial charge in [0.1, 0.15) is 6.10 Å². The zero-order valence-corrected chi connectivity index (χ0v) is 8.46. The number of hydrogen-bond donors (Lipinski definition) is 0. The van der Waals surface area contributed by atoms with Crippen molar-refractivity contribution in [3.05, 3.63) is 0 Å². The summed E-state index contributed by atoms with van der Waals surface area (Å²) in [6.45, 7) is 9.90. The van der Waals surface area contributed by atoms with Crippen molar-refractivity contribution >= 4 is 6.47 Å². The Bertz CT molecular complexity index is 123. The molecular weight excluding hydrogens is 152 g/mol. The van der Waals surface area contributed by atoms with Gasteiger partial charge in [-0.3, -0.25) is 0 Å². The van der Waals surface area contributed by atoms with Gasteiger partial charge in [0, 0.05) is 0 Å². The minimum Gasteiger partial charge on any atom is -0.454 e. The standard InChI is InChI=1S/C10H19O2/c1-5-8(2)6-9(3)10(4)12-7-11/h8-10H,5-6H2,1-4H3. The van der Waals surface area contributed by atoms with Gasteiger partial charge in [-0.05, 0) is 25.2 Å². The summed E-state index contributed by atoms with van der Waals surface area (Å²) < 4.78 is 4.74. The first-order chi connectivity index (χ1) is 5.61. The van der Waals surface area contributed by atoms with E-state index in [0.717, 1.165) is 6.42 Å². The zero-order valence-electron chi connectivity index (χ0n) is 8.46. The number of carbonyl (C=O) groups excluding carboxylic acids is 1. The molecule has 0 saturated carbocycles. The van der Waals surface area contributed by atoms with Crippen LogP contribution in [0.15, 0.2) is 0 Å². The van der Waals surface area contributed by atoms with Crippen molar-refractivity contribution in [2.75, 3.05) is 0 Å². The molecule has 3 atom stereocenters. The van der Waals surface area contributed by atoms with Gasteiger partial charge in [0.15, 0.2) is 0 Å². The first-order valence-corrected chi connectivity index (χ1v) is 4.64. The van der Waals surface area contributed by atoms with Crippen LogP contribution < -0.4 is 0 Å². The molecule has 0 saturated heterocycles. The highest BCUT2D eigenvalue weighted by atomic mass is 16.5. The second-order valence-corrected chi connectivity index (χ2v) is 3.63. The number of hydrogen-bond acceptors (Lipinski definition) is 2. The molecule has 71 valence electrons. The lowest BCUT2D eigenvalue weighted by atomic mass is 9.92. The summed E-state index contributed by atoms with van der Waals surface area (Å²) in [7, 11) is 0. The van der Waals surface area contributed by atoms with E-state index in [9.17, 15) is 4.79 Å². The molecule has 1 radical (unpaired) electrons. The van der Waals surface area contributed by atoms with Gasteiger partial charge in [-0.15, -0.1) is 0 Å². The summed E-state index contributed by atoms with van der Waals surface area (Å²) in [4.78, 5) is 9.93. The molecule has 0 rings (SSSR count). The Balaban J connectivity index is 3.69. The lowest BCUT2D eigenvalue weighted by Crippen LogP contribution is -2.19. The van der Waals surface area contributed by atoms with E-state index < -0.39 is 0 Å². The van der Waals surface area contributed by atoms with Gasteiger partial charge in [-0.25, -0.2) is 4.79 Å². The molecule has 0 bridgehead atoms. The van der Waals surface area contributed by atoms with Gasteiger partial charge >= 0.3 is 6.47 Å². The van der Waals surface area contributed by atoms with Crippen LogP contribution in [-0.2, 0) is 9.53 Å². The van der Waals surface area contributed by atoms with E-state index in [1.807, 2.05) is 6.92 Å². The van der Waals surface area contributed by atoms with Crippen molar-refractivity contribution in [3.63, 3.8) is 0 Å². The molecule has 0 aliphatic carbocycles. The van der Waals surface area contributed by atoms with Crippen molar-refractivity contribution < 1.29 is 9.53 Å². The van der Waals surface area contributed by atoms with Crippen LogP contribution >= 0.6 is 0 Å². The van der Waals surface area contributed by atoms with Crippen LogP contribution in [0.3, 0.4) is 0 Å². The zero-order chi connectivity index (χ0) is 9.56. The molecule has 0 amide bonds. The van der Waals surface area contributed by atoms with E-state index in [1.54, 1.807) is 0 Å². The Morgan fingerprint density at radius 2 is 1.92 bits per heavy atom. The fraction of sp³-hybridized carbons (Fsp3) is 0.900.